The van der Waals surface area contributed by atoms with Crippen LogP contribution in [0.5, 0.6) is 0 Å². The lowest BCUT2D eigenvalue weighted by molar-refractivity contribution is -0.151. The van der Waals surface area contributed by atoms with Crippen molar-refractivity contribution in [3.05, 3.63) is 16.5 Å². The molecule has 1 aromatic rings. The fraction of sp³-hybridized carbons (Fsp3) is 0.636. The van der Waals surface area contributed by atoms with Gasteiger partial charge in [-0.1, -0.05) is 6.92 Å². The minimum absolute atomic E-state index is 0.0984. The molecule has 0 radical (unpaired) electrons. The molecule has 3 nitrogen and oxygen atoms in total. The van der Waals surface area contributed by atoms with Gasteiger partial charge < -0.3 is 5.32 Å². The predicted molar refractivity (Wildman–Crippen MR) is 65.4 cm³/mol. The highest BCUT2D eigenvalue weighted by Gasteiger charge is 2.63. The topological polar surface area (TPSA) is 37.8 Å². The number of anilines is 1. The largest absolute Gasteiger partial charge is 0.411 e. The van der Waals surface area contributed by atoms with Crippen LogP contribution in [0.4, 0.5) is 19.0 Å². The maximum atomic E-state index is 12.8. The van der Waals surface area contributed by atoms with Crippen molar-refractivity contribution in [2.45, 2.75) is 44.3 Å². The fourth-order valence-corrected chi connectivity index (χ4v) is 2.14. The summed E-state index contributed by atoms with van der Waals surface area (Å²) in [6.07, 6.45) is -2.55. The first-order chi connectivity index (χ1) is 8.36. The van der Waals surface area contributed by atoms with Crippen LogP contribution in [0.3, 0.4) is 0 Å². The summed E-state index contributed by atoms with van der Waals surface area (Å²) in [6, 6.07) is 1.48. The number of rotatable bonds is 4. The molecule has 0 saturated heterocycles. The summed E-state index contributed by atoms with van der Waals surface area (Å²) in [7, 11) is 0. The first-order valence-electron chi connectivity index (χ1n) is 5.75. The molecule has 1 saturated carbocycles. The second-order valence-electron chi connectivity index (χ2n) is 4.45. The lowest BCUT2D eigenvalue weighted by Crippen LogP contribution is -2.39. The predicted octanol–water partition coefficient (Wildman–Crippen LogP) is 3.70. The van der Waals surface area contributed by atoms with Crippen LogP contribution in [-0.2, 0) is 6.42 Å². The van der Waals surface area contributed by atoms with Gasteiger partial charge in [-0.3, -0.25) is 0 Å². The first kappa shape index (κ1) is 13.6. The minimum Gasteiger partial charge on any atom is -0.356 e. The molecule has 0 bridgehead atoms. The molecule has 7 heteroatoms. The van der Waals surface area contributed by atoms with Crippen molar-refractivity contribution < 1.29 is 13.2 Å². The van der Waals surface area contributed by atoms with Crippen LogP contribution in [0.1, 0.15) is 32.0 Å². The van der Waals surface area contributed by atoms with E-state index in [0.717, 1.165) is 6.42 Å². The Morgan fingerprint density at radius 2 is 2.06 bits per heavy atom. The molecule has 0 amide bonds. The monoisotopic (exact) mass is 323 g/mol. The number of hydrogen-bond donors (Lipinski definition) is 1. The zero-order valence-corrected chi connectivity index (χ0v) is 11.4. The summed E-state index contributed by atoms with van der Waals surface area (Å²) in [5.41, 5.74) is -1.79. The van der Waals surface area contributed by atoms with Crippen LogP contribution < -0.4 is 5.32 Å². The van der Waals surface area contributed by atoms with Gasteiger partial charge in [-0.25, -0.2) is 9.97 Å². The molecule has 0 spiro atoms. The van der Waals surface area contributed by atoms with Gasteiger partial charge in [0.2, 0.25) is 0 Å². The lowest BCUT2D eigenvalue weighted by Gasteiger charge is -2.21. The van der Waals surface area contributed by atoms with Gasteiger partial charge in [-0.15, -0.1) is 0 Å². The molecule has 2 rings (SSSR count). The van der Waals surface area contributed by atoms with E-state index < -0.39 is 11.7 Å². The molecule has 18 heavy (non-hydrogen) atoms. The Kier molecular flexibility index (Phi) is 3.53. The average Bonchev–Trinajstić information content (AvgIpc) is 2.97. The van der Waals surface area contributed by atoms with E-state index in [1.807, 2.05) is 6.92 Å². The summed E-state index contributed by atoms with van der Waals surface area (Å²) in [4.78, 5) is 8.23. The number of nitrogens with one attached hydrogen (secondary N) is 1. The quantitative estimate of drug-likeness (QED) is 0.858. The molecule has 1 heterocycles. The van der Waals surface area contributed by atoms with Gasteiger partial charge in [0.25, 0.3) is 0 Å². The smallest absolute Gasteiger partial charge is 0.356 e. The molecule has 100 valence electrons. The van der Waals surface area contributed by atoms with Crippen molar-refractivity contribution in [2.24, 2.45) is 0 Å². The van der Waals surface area contributed by atoms with Crippen LogP contribution in [0.2, 0.25) is 0 Å². The number of hydrogen-bond acceptors (Lipinski definition) is 3. The molecule has 0 unspecified atom stereocenters. The molecular weight excluding hydrogens is 311 g/mol. The molecule has 1 aliphatic carbocycles. The van der Waals surface area contributed by atoms with Crippen molar-refractivity contribution in [3.8, 4) is 0 Å². The molecular formula is C11H13BrF3N3. The van der Waals surface area contributed by atoms with Crippen LogP contribution in [-0.4, -0.2) is 21.7 Å². The number of alkyl halides is 3. The Morgan fingerprint density at radius 1 is 1.39 bits per heavy atom. The Balaban J connectivity index is 2.19. The van der Waals surface area contributed by atoms with E-state index in [2.05, 4.69) is 31.2 Å². The number of nitrogens with zero attached hydrogens (tertiary/aromatic N) is 2. The molecule has 1 aliphatic rings. The summed E-state index contributed by atoms with van der Waals surface area (Å²) in [5.74, 6) is 0.780. The summed E-state index contributed by atoms with van der Waals surface area (Å²) in [6.45, 7) is 1.97. The van der Waals surface area contributed by atoms with Gasteiger partial charge in [0.1, 0.15) is 21.8 Å². The summed E-state index contributed by atoms with van der Waals surface area (Å²) < 4.78 is 38.9. The van der Waals surface area contributed by atoms with E-state index in [9.17, 15) is 13.2 Å². The third-order valence-corrected chi connectivity index (χ3v) is 3.28. The Hall–Kier alpha value is -0.850. The maximum Gasteiger partial charge on any atom is 0.411 e. The third-order valence-electron chi connectivity index (χ3n) is 2.87. The van der Waals surface area contributed by atoms with Crippen LogP contribution in [0, 0.1) is 0 Å². The highest BCUT2D eigenvalue weighted by atomic mass is 79.9. The van der Waals surface area contributed by atoms with Gasteiger partial charge >= 0.3 is 6.18 Å². The minimum atomic E-state index is -4.24. The SMILES string of the molecule is CCCc1nc(Br)cc(NC2(C(F)(F)F)CC2)n1. The van der Waals surface area contributed by atoms with E-state index in [1.54, 1.807) is 0 Å². The highest BCUT2D eigenvalue weighted by Crippen LogP contribution is 2.51. The van der Waals surface area contributed by atoms with Gasteiger partial charge in [0.15, 0.2) is 0 Å². The summed E-state index contributed by atoms with van der Waals surface area (Å²) in [5, 5.41) is 2.50. The Labute approximate surface area is 111 Å². The second kappa shape index (κ2) is 4.68. The number of halogens is 4. The van der Waals surface area contributed by atoms with Gasteiger partial charge in [-0.2, -0.15) is 13.2 Å². The van der Waals surface area contributed by atoms with E-state index in [-0.39, 0.29) is 18.7 Å². The Morgan fingerprint density at radius 3 is 2.56 bits per heavy atom. The van der Waals surface area contributed by atoms with Crippen molar-refractivity contribution in [2.75, 3.05) is 5.32 Å². The zero-order valence-electron chi connectivity index (χ0n) is 9.81. The zero-order chi connectivity index (χ0) is 13.4. The van der Waals surface area contributed by atoms with Crippen molar-refractivity contribution >= 4 is 21.7 Å². The molecule has 1 aromatic heterocycles. The van der Waals surface area contributed by atoms with Crippen LogP contribution in [0.25, 0.3) is 0 Å². The van der Waals surface area contributed by atoms with Crippen molar-refractivity contribution in [1.29, 1.82) is 0 Å². The van der Waals surface area contributed by atoms with Gasteiger partial charge in [0, 0.05) is 12.5 Å². The van der Waals surface area contributed by atoms with Gasteiger partial charge in [-0.05, 0) is 35.2 Å². The van der Waals surface area contributed by atoms with Crippen LogP contribution >= 0.6 is 15.9 Å². The van der Waals surface area contributed by atoms with Crippen molar-refractivity contribution in [1.82, 2.24) is 9.97 Å². The first-order valence-corrected chi connectivity index (χ1v) is 6.54. The number of aromatic nitrogens is 2. The maximum absolute atomic E-state index is 12.8. The third kappa shape index (κ3) is 2.76. The second-order valence-corrected chi connectivity index (χ2v) is 5.26. The van der Waals surface area contributed by atoms with E-state index in [1.165, 1.54) is 6.07 Å². The van der Waals surface area contributed by atoms with Crippen LogP contribution in [0.15, 0.2) is 10.7 Å². The normalized spacial score (nSPS) is 17.6. The highest BCUT2D eigenvalue weighted by molar-refractivity contribution is 9.10. The van der Waals surface area contributed by atoms with E-state index in [0.29, 0.717) is 16.8 Å². The fourth-order valence-electron chi connectivity index (χ4n) is 1.71. The summed E-state index contributed by atoms with van der Waals surface area (Å²) >= 11 is 3.19. The number of aryl methyl sites for hydroxylation is 1. The molecule has 1 fully saturated rings. The Bertz CT molecular complexity index is 444. The van der Waals surface area contributed by atoms with Gasteiger partial charge in [0.05, 0.1) is 0 Å². The molecule has 0 aliphatic heterocycles. The standard InChI is InChI=1S/C11H13BrF3N3/c1-2-3-8-16-7(12)6-9(17-8)18-10(4-5-10)11(13,14)15/h6H,2-5H2,1H3,(H,16,17,18). The molecule has 1 N–H and O–H groups in total. The van der Waals surface area contributed by atoms with E-state index in [4.69, 9.17) is 0 Å². The average molecular weight is 324 g/mol. The molecule has 0 atom stereocenters. The van der Waals surface area contributed by atoms with E-state index >= 15 is 0 Å². The molecule has 0 aromatic carbocycles. The van der Waals surface area contributed by atoms with Crippen molar-refractivity contribution in [3.63, 3.8) is 0 Å². The lowest BCUT2D eigenvalue weighted by atomic mass is 10.2.